The Hall–Kier alpha value is -1.18. The predicted octanol–water partition coefficient (Wildman–Crippen LogP) is -1.91. The zero-order chi connectivity index (χ0) is 15.4. The second-order valence-electron chi connectivity index (χ2n) is 6.27. The van der Waals surface area contributed by atoms with Gasteiger partial charge in [-0.05, 0) is 14.1 Å². The van der Waals surface area contributed by atoms with Crippen molar-refractivity contribution >= 4 is 11.8 Å². The molecule has 2 rings (SSSR count). The van der Waals surface area contributed by atoms with Crippen LogP contribution >= 0.6 is 0 Å². The normalized spacial score (nSPS) is 29.4. The summed E-state index contributed by atoms with van der Waals surface area (Å²) in [5.74, 6) is -0.212. The second kappa shape index (κ2) is 7.20. The molecule has 0 radical (unpaired) electrons. The summed E-state index contributed by atoms with van der Waals surface area (Å²) in [6.07, 6.45) is -0.0998. The summed E-state index contributed by atoms with van der Waals surface area (Å²) in [5, 5.41) is 15.7. The molecule has 0 saturated carbocycles. The van der Waals surface area contributed by atoms with Crippen molar-refractivity contribution in [1.82, 2.24) is 20.4 Å². The van der Waals surface area contributed by atoms with Crippen LogP contribution in [0.1, 0.15) is 6.42 Å². The molecule has 2 aliphatic rings. The molecule has 120 valence electrons. The summed E-state index contributed by atoms with van der Waals surface area (Å²) < 4.78 is 0. The number of carbonyl (C=O) groups excluding carboxylic acids is 2. The molecule has 0 aliphatic carbocycles. The first kappa shape index (κ1) is 16.2. The van der Waals surface area contributed by atoms with Crippen LogP contribution < -0.4 is 10.6 Å². The number of hydrogen-bond donors (Lipinski definition) is 3. The fourth-order valence-corrected chi connectivity index (χ4v) is 2.79. The van der Waals surface area contributed by atoms with Gasteiger partial charge >= 0.3 is 0 Å². The first-order valence-corrected chi connectivity index (χ1v) is 7.56. The second-order valence-corrected chi connectivity index (χ2v) is 6.27. The highest BCUT2D eigenvalue weighted by atomic mass is 16.3. The van der Waals surface area contributed by atoms with Gasteiger partial charge in [-0.3, -0.25) is 9.59 Å². The molecule has 0 aromatic carbocycles. The van der Waals surface area contributed by atoms with Gasteiger partial charge in [0, 0.05) is 51.6 Å². The summed E-state index contributed by atoms with van der Waals surface area (Å²) in [6.45, 7) is 3.75. The van der Waals surface area contributed by atoms with E-state index in [1.165, 1.54) is 0 Å². The Labute approximate surface area is 125 Å². The van der Waals surface area contributed by atoms with E-state index in [9.17, 15) is 14.7 Å². The van der Waals surface area contributed by atoms with Crippen molar-refractivity contribution in [2.45, 2.75) is 12.5 Å². The molecule has 7 heteroatoms. The zero-order valence-electron chi connectivity index (χ0n) is 12.8. The molecular formula is C14H26N4O3. The van der Waals surface area contributed by atoms with Gasteiger partial charge in [0.1, 0.15) is 0 Å². The van der Waals surface area contributed by atoms with Gasteiger partial charge in [-0.25, -0.2) is 0 Å². The maximum Gasteiger partial charge on any atom is 0.225 e. The van der Waals surface area contributed by atoms with Crippen molar-refractivity contribution < 1.29 is 14.7 Å². The zero-order valence-corrected chi connectivity index (χ0v) is 12.8. The van der Waals surface area contributed by atoms with E-state index < -0.39 is 6.10 Å². The molecule has 2 amide bonds. The molecule has 21 heavy (non-hydrogen) atoms. The van der Waals surface area contributed by atoms with E-state index in [4.69, 9.17) is 0 Å². The fraction of sp³-hybridized carbons (Fsp3) is 0.857. The summed E-state index contributed by atoms with van der Waals surface area (Å²) >= 11 is 0. The minimum atomic E-state index is -0.396. The maximum absolute atomic E-state index is 12.1. The van der Waals surface area contributed by atoms with Crippen molar-refractivity contribution in [2.75, 3.05) is 53.4 Å². The molecule has 3 unspecified atom stereocenters. The number of rotatable bonds is 6. The van der Waals surface area contributed by atoms with Gasteiger partial charge in [0.2, 0.25) is 11.8 Å². The summed E-state index contributed by atoms with van der Waals surface area (Å²) in [5.41, 5.74) is 0. The van der Waals surface area contributed by atoms with E-state index in [0.717, 1.165) is 13.1 Å². The molecule has 3 atom stereocenters. The summed E-state index contributed by atoms with van der Waals surface area (Å²) in [6, 6.07) is 0. The number of nitrogens with zero attached hydrogens (tertiary/aromatic N) is 2. The van der Waals surface area contributed by atoms with Crippen LogP contribution in [0.15, 0.2) is 0 Å². The van der Waals surface area contributed by atoms with E-state index in [2.05, 4.69) is 10.6 Å². The number of nitrogens with one attached hydrogen (secondary N) is 2. The van der Waals surface area contributed by atoms with Crippen LogP contribution in [-0.2, 0) is 9.59 Å². The largest absolute Gasteiger partial charge is 0.391 e. The monoisotopic (exact) mass is 298 g/mol. The lowest BCUT2D eigenvalue weighted by molar-refractivity contribution is -0.129. The van der Waals surface area contributed by atoms with Gasteiger partial charge in [-0.1, -0.05) is 0 Å². The van der Waals surface area contributed by atoms with Crippen LogP contribution in [0.25, 0.3) is 0 Å². The molecule has 0 bridgehead atoms. The lowest BCUT2D eigenvalue weighted by Crippen LogP contribution is -2.39. The number of likely N-dealkylation sites (N-methyl/N-ethyl adjacent to an activating group) is 1. The van der Waals surface area contributed by atoms with Crippen molar-refractivity contribution in [3.63, 3.8) is 0 Å². The van der Waals surface area contributed by atoms with Gasteiger partial charge in [-0.2, -0.15) is 0 Å². The minimum Gasteiger partial charge on any atom is -0.391 e. The smallest absolute Gasteiger partial charge is 0.225 e. The molecule has 2 saturated heterocycles. The van der Waals surface area contributed by atoms with Crippen molar-refractivity contribution in [1.29, 1.82) is 0 Å². The van der Waals surface area contributed by atoms with Gasteiger partial charge in [0.15, 0.2) is 0 Å². The van der Waals surface area contributed by atoms with E-state index >= 15 is 0 Å². The van der Waals surface area contributed by atoms with E-state index in [0.29, 0.717) is 32.6 Å². The number of likely N-dealkylation sites (tertiary alicyclic amines) is 1. The molecule has 7 nitrogen and oxygen atoms in total. The predicted molar refractivity (Wildman–Crippen MR) is 78.6 cm³/mol. The van der Waals surface area contributed by atoms with E-state index in [1.807, 2.05) is 19.0 Å². The molecule has 3 N–H and O–H groups in total. The quantitative estimate of drug-likeness (QED) is 0.533. The Balaban J connectivity index is 1.74. The maximum atomic E-state index is 12.1. The van der Waals surface area contributed by atoms with E-state index in [-0.39, 0.29) is 23.7 Å². The van der Waals surface area contributed by atoms with Crippen LogP contribution in [-0.4, -0.2) is 86.2 Å². The number of aliphatic hydroxyl groups is 1. The van der Waals surface area contributed by atoms with Gasteiger partial charge in [0.05, 0.1) is 12.0 Å². The number of aliphatic hydroxyl groups excluding tert-OH is 1. The topological polar surface area (TPSA) is 84.9 Å². The fourth-order valence-electron chi connectivity index (χ4n) is 2.79. The molecule has 2 aliphatic heterocycles. The number of carbonyl (C=O) groups is 2. The van der Waals surface area contributed by atoms with Crippen molar-refractivity contribution in [3.8, 4) is 0 Å². The van der Waals surface area contributed by atoms with Crippen LogP contribution in [0.4, 0.5) is 0 Å². The summed E-state index contributed by atoms with van der Waals surface area (Å²) in [7, 11) is 3.93. The van der Waals surface area contributed by atoms with Crippen LogP contribution in [0.5, 0.6) is 0 Å². The molecular weight excluding hydrogens is 272 g/mol. The van der Waals surface area contributed by atoms with E-state index in [1.54, 1.807) is 4.90 Å². The Morgan fingerprint density at radius 2 is 2.24 bits per heavy atom. The molecule has 2 heterocycles. The number of β-amino-alcohol motifs (C(OH)–C–C–N with tert-alkyl or cyclic N) is 1. The molecule has 0 aromatic heterocycles. The van der Waals surface area contributed by atoms with Crippen LogP contribution in [0.3, 0.4) is 0 Å². The molecule has 0 aromatic rings. The summed E-state index contributed by atoms with van der Waals surface area (Å²) in [4.78, 5) is 27.8. The highest BCUT2D eigenvalue weighted by molar-refractivity contribution is 5.89. The number of amides is 2. The Kier molecular flexibility index (Phi) is 5.55. The minimum absolute atomic E-state index is 0.0552. The third-order valence-electron chi connectivity index (χ3n) is 4.25. The highest BCUT2D eigenvalue weighted by Gasteiger charge is 2.34. The van der Waals surface area contributed by atoms with Crippen LogP contribution in [0, 0.1) is 11.8 Å². The average molecular weight is 298 g/mol. The van der Waals surface area contributed by atoms with Gasteiger partial charge in [-0.15, -0.1) is 0 Å². The lowest BCUT2D eigenvalue weighted by Gasteiger charge is -2.19. The lowest BCUT2D eigenvalue weighted by atomic mass is 10.0. The third-order valence-corrected chi connectivity index (χ3v) is 4.25. The van der Waals surface area contributed by atoms with Crippen molar-refractivity contribution in [2.24, 2.45) is 11.8 Å². The highest BCUT2D eigenvalue weighted by Crippen LogP contribution is 2.18. The standard InChI is InChI=1S/C14H26N4O3/c1-17(2)3-4-18-9-10(5-13(18)20)14(21)16-7-11-6-15-8-12(11)19/h10-12,15,19H,3-9H2,1-2H3,(H,16,21). The SMILES string of the molecule is CN(C)CCN1CC(C(=O)NCC2CNCC2O)CC1=O. The molecule has 2 fully saturated rings. The van der Waals surface area contributed by atoms with Gasteiger partial charge in [0.25, 0.3) is 0 Å². The average Bonchev–Trinajstić information content (AvgIpc) is 3.00. The molecule has 0 spiro atoms. The first-order valence-electron chi connectivity index (χ1n) is 7.56. The number of hydrogen-bond acceptors (Lipinski definition) is 5. The van der Waals surface area contributed by atoms with Crippen LogP contribution in [0.2, 0.25) is 0 Å². The first-order chi connectivity index (χ1) is 9.97. The van der Waals surface area contributed by atoms with Gasteiger partial charge < -0.3 is 25.5 Å². The van der Waals surface area contributed by atoms with Crippen molar-refractivity contribution in [3.05, 3.63) is 0 Å². The Morgan fingerprint density at radius 3 is 2.86 bits per heavy atom. The Morgan fingerprint density at radius 1 is 1.48 bits per heavy atom. The Bertz CT molecular complexity index is 388. The third kappa shape index (κ3) is 4.39.